The molecule has 2 aromatic heterocycles. The molecule has 0 spiro atoms. The highest BCUT2D eigenvalue weighted by Gasteiger charge is 2.46. The number of rotatable bonds is 4. The van der Waals surface area contributed by atoms with Crippen molar-refractivity contribution < 1.29 is 0 Å². The van der Waals surface area contributed by atoms with Gasteiger partial charge in [-0.2, -0.15) is 0 Å². The Labute approximate surface area is 413 Å². The number of aromatic nitrogens is 1. The van der Waals surface area contributed by atoms with E-state index in [-0.39, 0.29) is 17.5 Å². The number of hydrogen-bond donors (Lipinski definition) is 0. The molecule has 14 rings (SSSR count). The van der Waals surface area contributed by atoms with Gasteiger partial charge in [0.25, 0.3) is 6.71 Å². The number of hydrogen-bond acceptors (Lipinski definition) is 4. The fourth-order valence-electron chi connectivity index (χ4n) is 11.9. The molecule has 3 aliphatic rings. The summed E-state index contributed by atoms with van der Waals surface area (Å²) >= 11 is 1.84. The number of nitrogens with zero attached hydrogens (tertiary/aromatic N) is 5. The molecule has 334 valence electrons. The van der Waals surface area contributed by atoms with Gasteiger partial charge >= 0.3 is 0 Å². The molecule has 7 heteroatoms. The van der Waals surface area contributed by atoms with E-state index < -0.39 is 0 Å². The van der Waals surface area contributed by atoms with Crippen molar-refractivity contribution in [2.24, 2.45) is 0 Å². The molecule has 5 heterocycles. The molecular weight excluding hydrogens is 870 g/mol. The first kappa shape index (κ1) is 41.0. The van der Waals surface area contributed by atoms with E-state index in [9.17, 15) is 0 Å². The Balaban J connectivity index is 1.08. The zero-order chi connectivity index (χ0) is 47.4. The molecule has 0 saturated carbocycles. The van der Waals surface area contributed by atoms with E-state index in [1.807, 2.05) is 11.3 Å². The molecule has 9 aromatic carbocycles. The minimum absolute atomic E-state index is 0.0159. The molecule has 0 amide bonds. The van der Waals surface area contributed by atoms with Crippen LogP contribution < -0.4 is 31.1 Å². The summed E-state index contributed by atoms with van der Waals surface area (Å²) in [6.45, 7) is 22.3. The monoisotopic (exact) mass is 917 g/mol. The topological polar surface area (TPSA) is 19.0 Å². The molecule has 0 radical (unpaired) electrons. The third-order valence-corrected chi connectivity index (χ3v) is 16.3. The lowest BCUT2D eigenvalue weighted by Crippen LogP contribution is -2.61. The molecule has 11 aromatic rings. The first-order valence-electron chi connectivity index (χ1n) is 24.3. The SMILES string of the molecule is [C-]#[N+]c1cc2c3c(c1)N1c4c(cccc4-n4c5ccccc5c5cccc1c54)B3c1ccc(N(c3ccc(C(C)(C)C)cc3)c3ccc(C(C)(C)C)cc3)cc1N2c1cccc2sc3ccccc3c12. The molecule has 0 aliphatic carbocycles. The lowest BCUT2D eigenvalue weighted by atomic mass is 9.33. The van der Waals surface area contributed by atoms with Gasteiger partial charge in [-0.05, 0) is 123 Å². The number of para-hydroxylation sites is 3. The van der Waals surface area contributed by atoms with Gasteiger partial charge in [-0.15, -0.1) is 11.3 Å². The molecule has 3 aliphatic heterocycles. The summed E-state index contributed by atoms with van der Waals surface area (Å²) in [5, 5.41) is 4.91. The average molecular weight is 918 g/mol. The Morgan fingerprint density at radius 2 is 1.07 bits per heavy atom. The van der Waals surface area contributed by atoms with Crippen LogP contribution in [0, 0.1) is 6.57 Å². The molecule has 0 saturated heterocycles. The molecule has 0 unspecified atom stereocenters. The first-order chi connectivity index (χ1) is 34.0. The van der Waals surface area contributed by atoms with Crippen LogP contribution in [0.15, 0.2) is 182 Å². The van der Waals surface area contributed by atoms with Gasteiger partial charge in [0, 0.05) is 65.1 Å². The molecule has 0 N–H and O–H groups in total. The van der Waals surface area contributed by atoms with Crippen molar-refractivity contribution in [3.8, 4) is 5.69 Å². The Hall–Kier alpha value is -8.05. The van der Waals surface area contributed by atoms with Crippen LogP contribution in [0.4, 0.5) is 56.9 Å². The van der Waals surface area contributed by atoms with Crippen LogP contribution in [0.25, 0.3) is 52.5 Å². The van der Waals surface area contributed by atoms with Crippen molar-refractivity contribution >= 4 is 133 Å². The van der Waals surface area contributed by atoms with Gasteiger partial charge in [-0.25, -0.2) is 4.85 Å². The van der Waals surface area contributed by atoms with Gasteiger partial charge in [-0.1, -0.05) is 139 Å². The Morgan fingerprint density at radius 1 is 0.486 bits per heavy atom. The third kappa shape index (κ3) is 5.71. The lowest BCUT2D eigenvalue weighted by molar-refractivity contribution is 0.590. The smallest absolute Gasteiger partial charge is 0.252 e. The van der Waals surface area contributed by atoms with Crippen molar-refractivity contribution in [3.63, 3.8) is 0 Å². The van der Waals surface area contributed by atoms with Gasteiger partial charge in [0.05, 0.1) is 40.4 Å². The van der Waals surface area contributed by atoms with E-state index in [0.717, 1.165) is 51.2 Å². The van der Waals surface area contributed by atoms with Crippen LogP contribution in [-0.4, -0.2) is 11.3 Å². The predicted molar refractivity (Wildman–Crippen MR) is 300 cm³/mol. The minimum Gasteiger partial charge on any atom is -0.312 e. The molecule has 70 heavy (non-hydrogen) atoms. The Kier molecular flexibility index (Phi) is 8.48. The fraction of sp³-hybridized carbons (Fsp3) is 0.127. The third-order valence-electron chi connectivity index (χ3n) is 15.2. The van der Waals surface area contributed by atoms with E-state index >= 15 is 0 Å². The van der Waals surface area contributed by atoms with Crippen molar-refractivity contribution in [1.82, 2.24) is 4.57 Å². The predicted octanol–water partition coefficient (Wildman–Crippen LogP) is 16.2. The standard InChI is InChI=1S/C63H48BN5S/c1-62(2,3)38-25-29-41(30-26-38)66(42-31-27-39(28-32-42)63(4,5)6)43-33-34-47-53(37-43)67(50-20-14-24-57-58(50)46-16-9-11-23-56(46)70-57)54-35-40(65-7)36-55-59(54)64(47)48-18-13-22-52-61(48)69(55)51-21-12-17-45-44-15-8-10-19-49(44)68(52)60(45)51/h8-37H,1-6H3. The maximum atomic E-state index is 8.73. The first-order valence-corrected chi connectivity index (χ1v) is 25.1. The van der Waals surface area contributed by atoms with Gasteiger partial charge in [-0.3, -0.25) is 0 Å². The van der Waals surface area contributed by atoms with Gasteiger partial charge in [0.15, 0.2) is 5.69 Å². The van der Waals surface area contributed by atoms with Crippen LogP contribution in [0.3, 0.4) is 0 Å². The summed E-state index contributed by atoms with van der Waals surface area (Å²) in [5.41, 5.74) is 20.3. The second kappa shape index (κ2) is 14.5. The molecule has 0 fully saturated rings. The molecule has 5 nitrogen and oxygen atoms in total. The highest BCUT2D eigenvalue weighted by molar-refractivity contribution is 7.26. The maximum absolute atomic E-state index is 8.73. The Morgan fingerprint density at radius 3 is 1.79 bits per heavy atom. The van der Waals surface area contributed by atoms with Crippen LogP contribution >= 0.6 is 11.3 Å². The summed E-state index contributed by atoms with van der Waals surface area (Å²) in [6.07, 6.45) is 0. The largest absolute Gasteiger partial charge is 0.312 e. The van der Waals surface area contributed by atoms with Gasteiger partial charge in [0.2, 0.25) is 0 Å². The minimum atomic E-state index is -0.122. The number of anilines is 9. The quantitative estimate of drug-likeness (QED) is 0.129. The summed E-state index contributed by atoms with van der Waals surface area (Å²) in [7, 11) is 0. The van der Waals surface area contributed by atoms with Gasteiger partial charge in [0.1, 0.15) is 0 Å². The van der Waals surface area contributed by atoms with E-state index in [4.69, 9.17) is 6.57 Å². The van der Waals surface area contributed by atoms with E-state index in [1.54, 1.807) is 0 Å². The Bertz CT molecular complexity index is 4010. The second-order valence-electron chi connectivity index (χ2n) is 21.3. The van der Waals surface area contributed by atoms with Crippen molar-refractivity contribution in [1.29, 1.82) is 0 Å². The van der Waals surface area contributed by atoms with Crippen molar-refractivity contribution in [2.45, 2.75) is 52.4 Å². The highest BCUT2D eigenvalue weighted by Crippen LogP contribution is 2.54. The van der Waals surface area contributed by atoms with Crippen LogP contribution in [0.5, 0.6) is 0 Å². The van der Waals surface area contributed by atoms with Crippen molar-refractivity contribution in [3.05, 3.63) is 205 Å². The number of thiophene rings is 1. The maximum Gasteiger partial charge on any atom is 0.252 e. The fourth-order valence-corrected chi connectivity index (χ4v) is 13.1. The van der Waals surface area contributed by atoms with Crippen LogP contribution in [-0.2, 0) is 10.8 Å². The molecular formula is C63H48BN5S. The summed E-state index contributed by atoms with van der Waals surface area (Å²) < 4.78 is 4.97. The lowest BCUT2D eigenvalue weighted by Gasteiger charge is -2.46. The van der Waals surface area contributed by atoms with E-state index in [1.165, 1.54) is 75.2 Å². The summed E-state index contributed by atoms with van der Waals surface area (Å²) in [4.78, 5) is 11.7. The van der Waals surface area contributed by atoms with Crippen LogP contribution in [0.1, 0.15) is 52.7 Å². The van der Waals surface area contributed by atoms with E-state index in [2.05, 4.69) is 248 Å². The van der Waals surface area contributed by atoms with Gasteiger partial charge < -0.3 is 19.3 Å². The molecule has 0 atom stereocenters. The summed E-state index contributed by atoms with van der Waals surface area (Å²) in [6, 6.07) is 67.7. The van der Waals surface area contributed by atoms with Crippen molar-refractivity contribution in [2.75, 3.05) is 14.7 Å². The number of benzene rings is 9. The zero-order valence-corrected chi connectivity index (χ0v) is 40.9. The number of fused-ring (bicyclic) bond motifs is 12. The summed E-state index contributed by atoms with van der Waals surface area (Å²) in [5.74, 6) is 0. The zero-order valence-electron chi connectivity index (χ0n) is 40.0. The highest BCUT2D eigenvalue weighted by atomic mass is 32.1. The molecule has 0 bridgehead atoms. The average Bonchev–Trinajstić information content (AvgIpc) is 3.92. The van der Waals surface area contributed by atoms with E-state index in [0.29, 0.717) is 5.69 Å². The van der Waals surface area contributed by atoms with Crippen LogP contribution in [0.2, 0.25) is 0 Å². The normalized spacial score (nSPS) is 13.5. The second-order valence-corrected chi connectivity index (χ2v) is 22.4.